The van der Waals surface area contributed by atoms with E-state index in [9.17, 15) is 4.79 Å². The summed E-state index contributed by atoms with van der Waals surface area (Å²) in [5, 5.41) is 3.39. The van der Waals surface area contributed by atoms with E-state index in [4.69, 9.17) is 4.74 Å². The second-order valence-corrected chi connectivity index (χ2v) is 5.06. The van der Waals surface area contributed by atoms with Crippen molar-refractivity contribution < 1.29 is 9.53 Å². The van der Waals surface area contributed by atoms with Gasteiger partial charge in [-0.15, -0.1) is 0 Å². The van der Waals surface area contributed by atoms with Crippen LogP contribution < -0.4 is 5.32 Å². The highest BCUT2D eigenvalue weighted by atomic mass is 16.5. The van der Waals surface area contributed by atoms with Gasteiger partial charge in [0.2, 0.25) is 0 Å². The van der Waals surface area contributed by atoms with Crippen molar-refractivity contribution >= 4 is 5.97 Å². The molecule has 0 radical (unpaired) electrons. The van der Waals surface area contributed by atoms with Gasteiger partial charge >= 0.3 is 5.97 Å². The Morgan fingerprint density at radius 1 is 1.38 bits per heavy atom. The van der Waals surface area contributed by atoms with Crippen LogP contribution in [0.2, 0.25) is 0 Å². The maximum absolute atomic E-state index is 12.0. The number of hydrogen-bond acceptors (Lipinski definition) is 4. The molecule has 5 heteroatoms. The minimum atomic E-state index is -0.290. The average Bonchev–Trinajstić information content (AvgIpc) is 3.01. The molecule has 5 nitrogen and oxygen atoms in total. The second-order valence-electron chi connectivity index (χ2n) is 5.06. The Kier molecular flexibility index (Phi) is 5.51. The van der Waals surface area contributed by atoms with E-state index in [-0.39, 0.29) is 17.9 Å². The Balaban J connectivity index is 1.94. The van der Waals surface area contributed by atoms with E-state index in [2.05, 4.69) is 17.2 Å². The largest absolute Gasteiger partial charge is 0.469 e. The maximum atomic E-state index is 12.0. The first-order chi connectivity index (χ1) is 10.2. The highest BCUT2D eigenvalue weighted by molar-refractivity contribution is 5.78. The first-order valence-electron chi connectivity index (χ1n) is 7.02. The summed E-state index contributed by atoms with van der Waals surface area (Å²) in [6.07, 6.45) is 5.47. The predicted molar refractivity (Wildman–Crippen MR) is 80.9 cm³/mol. The standard InChI is InChI=1S/C16H21N3O2/c1-13(11-19-9-8-17-12-19)18-10-15(16(20)21-2)14-6-4-3-5-7-14/h3-9,12-13,15,18H,10-11H2,1-2H3. The van der Waals surface area contributed by atoms with Gasteiger partial charge in [-0.1, -0.05) is 30.3 Å². The van der Waals surface area contributed by atoms with E-state index in [1.54, 1.807) is 12.5 Å². The highest BCUT2D eigenvalue weighted by Crippen LogP contribution is 2.16. The summed E-state index contributed by atoms with van der Waals surface area (Å²) >= 11 is 0. The van der Waals surface area contributed by atoms with E-state index < -0.39 is 0 Å². The summed E-state index contributed by atoms with van der Waals surface area (Å²) in [5.41, 5.74) is 0.965. The lowest BCUT2D eigenvalue weighted by molar-refractivity contribution is -0.142. The van der Waals surface area contributed by atoms with Crippen LogP contribution in [0.5, 0.6) is 0 Å². The summed E-state index contributed by atoms with van der Waals surface area (Å²) in [5.74, 6) is -0.509. The zero-order chi connectivity index (χ0) is 15.1. The summed E-state index contributed by atoms with van der Waals surface area (Å²) in [6, 6.07) is 9.93. The number of nitrogens with one attached hydrogen (secondary N) is 1. The van der Waals surface area contributed by atoms with Crippen LogP contribution >= 0.6 is 0 Å². The molecule has 0 bridgehead atoms. The molecule has 21 heavy (non-hydrogen) atoms. The summed E-state index contributed by atoms with van der Waals surface area (Å²) < 4.78 is 6.92. The van der Waals surface area contributed by atoms with Gasteiger partial charge in [-0.05, 0) is 12.5 Å². The predicted octanol–water partition coefficient (Wildman–Crippen LogP) is 1.82. The Morgan fingerprint density at radius 2 is 2.14 bits per heavy atom. The topological polar surface area (TPSA) is 56.1 Å². The number of benzene rings is 1. The molecule has 0 aliphatic rings. The number of methoxy groups -OCH3 is 1. The molecule has 0 spiro atoms. The molecule has 0 amide bonds. The van der Waals surface area contributed by atoms with Gasteiger partial charge in [-0.3, -0.25) is 4.79 Å². The molecule has 0 fully saturated rings. The second kappa shape index (κ2) is 7.59. The van der Waals surface area contributed by atoms with Gasteiger partial charge in [0.15, 0.2) is 0 Å². The van der Waals surface area contributed by atoms with Gasteiger partial charge in [0.25, 0.3) is 0 Å². The normalized spacial score (nSPS) is 13.6. The molecule has 112 valence electrons. The van der Waals surface area contributed by atoms with Crippen LogP contribution in [-0.4, -0.2) is 35.2 Å². The molecule has 1 N–H and O–H groups in total. The number of nitrogens with zero attached hydrogens (tertiary/aromatic N) is 2. The molecule has 0 saturated heterocycles. The third-order valence-electron chi connectivity index (χ3n) is 3.40. The molecular formula is C16H21N3O2. The number of imidazole rings is 1. The van der Waals surface area contributed by atoms with Gasteiger partial charge < -0.3 is 14.6 Å². The molecule has 2 rings (SSSR count). The van der Waals surface area contributed by atoms with E-state index in [0.29, 0.717) is 6.54 Å². The van der Waals surface area contributed by atoms with Crippen LogP contribution in [0.4, 0.5) is 0 Å². The maximum Gasteiger partial charge on any atom is 0.314 e. The average molecular weight is 287 g/mol. The lowest BCUT2D eigenvalue weighted by Crippen LogP contribution is -2.36. The van der Waals surface area contributed by atoms with Crippen molar-refractivity contribution in [2.75, 3.05) is 13.7 Å². The monoisotopic (exact) mass is 287 g/mol. The number of hydrogen-bond donors (Lipinski definition) is 1. The molecule has 1 aromatic carbocycles. The van der Waals surface area contributed by atoms with Crippen molar-refractivity contribution in [1.82, 2.24) is 14.9 Å². The van der Waals surface area contributed by atoms with E-state index in [1.807, 2.05) is 41.1 Å². The van der Waals surface area contributed by atoms with Gasteiger partial charge in [-0.25, -0.2) is 4.98 Å². The molecule has 1 aromatic heterocycles. The van der Waals surface area contributed by atoms with Crippen molar-refractivity contribution in [3.05, 3.63) is 54.6 Å². The summed E-state index contributed by atoms with van der Waals surface area (Å²) in [6.45, 7) is 3.44. The fourth-order valence-corrected chi connectivity index (χ4v) is 2.26. The Hall–Kier alpha value is -2.14. The first-order valence-corrected chi connectivity index (χ1v) is 7.02. The number of carbonyl (C=O) groups excluding carboxylic acids is 1. The Bertz CT molecular complexity index is 540. The lowest BCUT2D eigenvalue weighted by Gasteiger charge is -2.20. The van der Waals surface area contributed by atoms with Gasteiger partial charge in [0, 0.05) is 31.5 Å². The van der Waals surface area contributed by atoms with Crippen LogP contribution in [0.15, 0.2) is 49.1 Å². The number of aromatic nitrogens is 2. The molecule has 1 heterocycles. The number of ether oxygens (including phenoxy) is 1. The van der Waals surface area contributed by atoms with Crippen molar-refractivity contribution in [1.29, 1.82) is 0 Å². The highest BCUT2D eigenvalue weighted by Gasteiger charge is 2.21. The summed E-state index contributed by atoms with van der Waals surface area (Å²) in [7, 11) is 1.42. The van der Waals surface area contributed by atoms with Crippen LogP contribution in [0, 0.1) is 0 Å². The minimum absolute atomic E-state index is 0.219. The van der Waals surface area contributed by atoms with Crippen LogP contribution in [-0.2, 0) is 16.1 Å². The van der Waals surface area contributed by atoms with E-state index >= 15 is 0 Å². The smallest absolute Gasteiger partial charge is 0.314 e. The quantitative estimate of drug-likeness (QED) is 0.789. The van der Waals surface area contributed by atoms with Crippen LogP contribution in [0.25, 0.3) is 0 Å². The van der Waals surface area contributed by atoms with Gasteiger partial charge in [-0.2, -0.15) is 0 Å². The Morgan fingerprint density at radius 3 is 2.76 bits per heavy atom. The molecular weight excluding hydrogens is 266 g/mol. The fraction of sp³-hybridized carbons (Fsp3) is 0.375. The van der Waals surface area contributed by atoms with Crippen molar-refractivity contribution in [3.63, 3.8) is 0 Å². The third-order valence-corrected chi connectivity index (χ3v) is 3.40. The fourth-order valence-electron chi connectivity index (χ4n) is 2.26. The number of carbonyl (C=O) groups is 1. The third kappa shape index (κ3) is 4.43. The Labute approximate surface area is 125 Å². The van der Waals surface area contributed by atoms with Crippen LogP contribution in [0.3, 0.4) is 0 Å². The molecule has 2 atom stereocenters. The number of esters is 1. The van der Waals surface area contributed by atoms with E-state index in [0.717, 1.165) is 12.1 Å². The molecule has 0 saturated carbocycles. The molecule has 2 unspecified atom stereocenters. The summed E-state index contributed by atoms with van der Waals surface area (Å²) in [4.78, 5) is 16.0. The van der Waals surface area contributed by atoms with E-state index in [1.165, 1.54) is 7.11 Å². The lowest BCUT2D eigenvalue weighted by atomic mass is 9.99. The van der Waals surface area contributed by atoms with Crippen molar-refractivity contribution in [2.24, 2.45) is 0 Å². The molecule has 2 aromatic rings. The zero-order valence-electron chi connectivity index (χ0n) is 12.4. The van der Waals surface area contributed by atoms with Crippen molar-refractivity contribution in [2.45, 2.75) is 25.4 Å². The number of rotatable bonds is 7. The molecule has 0 aliphatic carbocycles. The van der Waals surface area contributed by atoms with Gasteiger partial charge in [0.05, 0.1) is 19.4 Å². The van der Waals surface area contributed by atoms with Crippen LogP contribution in [0.1, 0.15) is 18.4 Å². The first kappa shape index (κ1) is 15.3. The minimum Gasteiger partial charge on any atom is -0.469 e. The molecule has 0 aliphatic heterocycles. The SMILES string of the molecule is COC(=O)C(CNC(C)Cn1ccnc1)c1ccccc1. The van der Waals surface area contributed by atoms with Crippen molar-refractivity contribution in [3.8, 4) is 0 Å². The zero-order valence-corrected chi connectivity index (χ0v) is 12.4. The van der Waals surface area contributed by atoms with Gasteiger partial charge in [0.1, 0.15) is 0 Å².